The largest absolute Gasteiger partial charge is 0.373 e. The van der Waals surface area contributed by atoms with Gasteiger partial charge in [-0.05, 0) is 36.2 Å². The van der Waals surface area contributed by atoms with Crippen molar-refractivity contribution in [1.82, 2.24) is 14.5 Å². The quantitative estimate of drug-likeness (QED) is 0.778. The fraction of sp³-hybridized carbons (Fsp3) is 0.294. The number of hydrogen-bond acceptors (Lipinski definition) is 3. The van der Waals surface area contributed by atoms with Gasteiger partial charge >= 0.3 is 0 Å². The number of imidazole rings is 1. The average molecular weight is 280 g/mol. The van der Waals surface area contributed by atoms with Crippen LogP contribution in [-0.2, 0) is 13.0 Å². The Morgan fingerprint density at radius 1 is 1.19 bits per heavy atom. The Morgan fingerprint density at radius 3 is 2.86 bits per heavy atom. The van der Waals surface area contributed by atoms with Crippen molar-refractivity contribution in [3.8, 4) is 0 Å². The first-order valence-electron chi connectivity index (χ1n) is 7.38. The highest BCUT2D eigenvalue weighted by Gasteiger charge is 2.10. The first-order valence-corrected chi connectivity index (χ1v) is 7.38. The SMILES string of the molecule is CCCc1nc2ccccc2n1Cc1ccnc(NC)c1. The molecule has 4 nitrogen and oxygen atoms in total. The Bertz CT molecular complexity index is 745. The number of hydrogen-bond donors (Lipinski definition) is 1. The summed E-state index contributed by atoms with van der Waals surface area (Å²) in [6, 6.07) is 12.5. The van der Waals surface area contributed by atoms with Gasteiger partial charge < -0.3 is 9.88 Å². The van der Waals surface area contributed by atoms with Crippen molar-refractivity contribution >= 4 is 16.9 Å². The second-order valence-electron chi connectivity index (χ2n) is 5.15. The molecule has 2 aromatic heterocycles. The van der Waals surface area contributed by atoms with Crippen molar-refractivity contribution in [2.75, 3.05) is 12.4 Å². The molecule has 0 aliphatic carbocycles. The third kappa shape index (κ3) is 2.75. The molecule has 0 fully saturated rings. The van der Waals surface area contributed by atoms with Crippen molar-refractivity contribution in [1.29, 1.82) is 0 Å². The second-order valence-corrected chi connectivity index (χ2v) is 5.15. The van der Waals surface area contributed by atoms with Crippen molar-refractivity contribution in [3.05, 3.63) is 54.0 Å². The van der Waals surface area contributed by atoms with Gasteiger partial charge in [-0.25, -0.2) is 9.97 Å². The maximum atomic E-state index is 4.77. The Hall–Kier alpha value is -2.36. The summed E-state index contributed by atoms with van der Waals surface area (Å²) in [6.07, 6.45) is 3.94. The average Bonchev–Trinajstić information content (AvgIpc) is 2.86. The molecule has 0 aliphatic heterocycles. The van der Waals surface area contributed by atoms with Crippen molar-refractivity contribution < 1.29 is 0 Å². The molecule has 0 atom stereocenters. The van der Waals surface area contributed by atoms with Crippen molar-refractivity contribution in [3.63, 3.8) is 0 Å². The molecule has 0 spiro atoms. The maximum absolute atomic E-state index is 4.77. The zero-order valence-corrected chi connectivity index (χ0v) is 12.5. The number of nitrogens with one attached hydrogen (secondary N) is 1. The molecule has 0 saturated carbocycles. The summed E-state index contributed by atoms with van der Waals surface area (Å²) in [6.45, 7) is 3.02. The van der Waals surface area contributed by atoms with Crippen LogP contribution in [0.2, 0.25) is 0 Å². The monoisotopic (exact) mass is 280 g/mol. The number of rotatable bonds is 5. The molecule has 0 radical (unpaired) electrons. The van der Waals surface area contributed by atoms with E-state index in [0.717, 1.165) is 36.5 Å². The van der Waals surface area contributed by atoms with E-state index in [1.54, 1.807) is 0 Å². The molecule has 0 aliphatic rings. The fourth-order valence-corrected chi connectivity index (χ4v) is 2.61. The topological polar surface area (TPSA) is 42.7 Å². The van der Waals surface area contributed by atoms with Crippen LogP contribution >= 0.6 is 0 Å². The Kier molecular flexibility index (Phi) is 3.86. The van der Waals surface area contributed by atoms with Gasteiger partial charge in [0.05, 0.1) is 11.0 Å². The Morgan fingerprint density at radius 2 is 2.05 bits per heavy atom. The third-order valence-electron chi connectivity index (χ3n) is 3.63. The van der Waals surface area contributed by atoms with E-state index in [2.05, 4.69) is 52.1 Å². The first-order chi connectivity index (χ1) is 10.3. The summed E-state index contributed by atoms with van der Waals surface area (Å²) in [4.78, 5) is 9.05. The third-order valence-corrected chi connectivity index (χ3v) is 3.63. The van der Waals surface area contributed by atoms with E-state index >= 15 is 0 Å². The van der Waals surface area contributed by atoms with Crippen LogP contribution in [0.15, 0.2) is 42.6 Å². The van der Waals surface area contributed by atoms with Crippen LogP contribution < -0.4 is 5.32 Å². The lowest BCUT2D eigenvalue weighted by molar-refractivity contribution is 0.721. The van der Waals surface area contributed by atoms with E-state index in [1.165, 1.54) is 11.1 Å². The van der Waals surface area contributed by atoms with Gasteiger partial charge in [0.25, 0.3) is 0 Å². The van der Waals surface area contributed by atoms with Gasteiger partial charge in [-0.3, -0.25) is 0 Å². The number of aromatic nitrogens is 3. The summed E-state index contributed by atoms with van der Waals surface area (Å²) in [5.74, 6) is 2.05. The zero-order chi connectivity index (χ0) is 14.7. The van der Waals surface area contributed by atoms with E-state index in [4.69, 9.17) is 4.98 Å². The Labute approximate surface area is 124 Å². The van der Waals surface area contributed by atoms with Gasteiger partial charge in [-0.15, -0.1) is 0 Å². The minimum atomic E-state index is 0.826. The van der Waals surface area contributed by atoms with E-state index in [9.17, 15) is 0 Å². The van der Waals surface area contributed by atoms with Gasteiger partial charge in [-0.2, -0.15) is 0 Å². The number of para-hydroxylation sites is 2. The van der Waals surface area contributed by atoms with Gasteiger partial charge in [0, 0.05) is 26.2 Å². The smallest absolute Gasteiger partial charge is 0.125 e. The van der Waals surface area contributed by atoms with E-state index in [0.29, 0.717) is 0 Å². The minimum Gasteiger partial charge on any atom is -0.373 e. The molecule has 3 rings (SSSR count). The number of pyridine rings is 1. The fourth-order valence-electron chi connectivity index (χ4n) is 2.61. The van der Waals surface area contributed by atoms with E-state index < -0.39 is 0 Å². The standard InChI is InChI=1S/C17H20N4/c1-3-6-17-20-14-7-4-5-8-15(14)21(17)12-13-9-10-19-16(11-13)18-2/h4-5,7-11H,3,6,12H2,1-2H3,(H,18,19). The maximum Gasteiger partial charge on any atom is 0.125 e. The Balaban J connectivity index is 2.03. The number of aryl methyl sites for hydroxylation is 1. The van der Waals surface area contributed by atoms with E-state index in [1.807, 2.05) is 19.3 Å². The lowest BCUT2D eigenvalue weighted by Gasteiger charge is -2.10. The molecule has 0 amide bonds. The summed E-state index contributed by atoms with van der Waals surface area (Å²) in [5.41, 5.74) is 3.50. The molecule has 1 aromatic carbocycles. The summed E-state index contributed by atoms with van der Waals surface area (Å²) < 4.78 is 2.31. The first kappa shape index (κ1) is 13.6. The molecule has 2 heterocycles. The van der Waals surface area contributed by atoms with Gasteiger partial charge in [0.15, 0.2) is 0 Å². The summed E-state index contributed by atoms with van der Waals surface area (Å²) in [7, 11) is 1.89. The lowest BCUT2D eigenvalue weighted by atomic mass is 10.2. The van der Waals surface area contributed by atoms with Gasteiger partial charge in [0.1, 0.15) is 11.6 Å². The highest BCUT2D eigenvalue weighted by molar-refractivity contribution is 5.76. The number of anilines is 1. The molecule has 4 heteroatoms. The molecule has 1 N–H and O–H groups in total. The number of benzene rings is 1. The lowest BCUT2D eigenvalue weighted by Crippen LogP contribution is -2.06. The number of fused-ring (bicyclic) bond motifs is 1. The predicted octanol–water partition coefficient (Wildman–Crippen LogP) is 3.47. The summed E-state index contributed by atoms with van der Waals surface area (Å²) in [5, 5.41) is 3.09. The van der Waals surface area contributed by atoms with Crippen LogP contribution in [0.25, 0.3) is 11.0 Å². The van der Waals surface area contributed by atoms with Crippen LogP contribution in [0.3, 0.4) is 0 Å². The molecule has 0 bridgehead atoms. The van der Waals surface area contributed by atoms with Gasteiger partial charge in [0.2, 0.25) is 0 Å². The molecular weight excluding hydrogens is 260 g/mol. The van der Waals surface area contributed by atoms with Crippen LogP contribution in [0.4, 0.5) is 5.82 Å². The van der Waals surface area contributed by atoms with Crippen LogP contribution in [-0.4, -0.2) is 21.6 Å². The molecular formula is C17H20N4. The van der Waals surface area contributed by atoms with Crippen LogP contribution in [0.5, 0.6) is 0 Å². The highest BCUT2D eigenvalue weighted by Crippen LogP contribution is 2.19. The van der Waals surface area contributed by atoms with Crippen molar-refractivity contribution in [2.45, 2.75) is 26.3 Å². The van der Waals surface area contributed by atoms with Crippen molar-refractivity contribution in [2.24, 2.45) is 0 Å². The highest BCUT2D eigenvalue weighted by atomic mass is 15.1. The molecule has 0 unspecified atom stereocenters. The summed E-state index contributed by atoms with van der Waals surface area (Å²) >= 11 is 0. The van der Waals surface area contributed by atoms with Crippen LogP contribution in [0.1, 0.15) is 24.7 Å². The minimum absolute atomic E-state index is 0.826. The van der Waals surface area contributed by atoms with E-state index in [-0.39, 0.29) is 0 Å². The normalized spacial score (nSPS) is 11.0. The zero-order valence-electron chi connectivity index (χ0n) is 12.5. The molecule has 3 aromatic rings. The molecule has 0 saturated heterocycles. The molecule has 21 heavy (non-hydrogen) atoms. The predicted molar refractivity (Wildman–Crippen MR) is 86.6 cm³/mol. The van der Waals surface area contributed by atoms with Gasteiger partial charge in [-0.1, -0.05) is 19.1 Å². The van der Waals surface area contributed by atoms with Crippen LogP contribution in [0, 0.1) is 0 Å². The number of nitrogens with zero attached hydrogens (tertiary/aromatic N) is 3. The molecule has 108 valence electrons. The second kappa shape index (κ2) is 5.95.